The number of H-pyrrole nitrogens is 1. The molecule has 0 spiro atoms. The number of aliphatic hydroxyl groups is 1. The number of nitrogens with one attached hydrogen (secondary N) is 2. The third-order valence-electron chi connectivity index (χ3n) is 5.06. The number of aromatic amines is 1. The van der Waals surface area contributed by atoms with Crippen molar-refractivity contribution < 1.29 is 14.6 Å². The van der Waals surface area contributed by atoms with E-state index in [0.717, 1.165) is 48.3 Å². The molecule has 0 unspecified atom stereocenters. The molecule has 1 aliphatic rings. The zero-order chi connectivity index (χ0) is 19.6. The molecular formula is C19H22N4O4S. The first kappa shape index (κ1) is 18.7. The smallest absolute Gasteiger partial charge is 0.320 e. The van der Waals surface area contributed by atoms with Gasteiger partial charge in [-0.2, -0.15) is 9.97 Å². The summed E-state index contributed by atoms with van der Waals surface area (Å²) >= 11 is 1.04. The van der Waals surface area contributed by atoms with Crippen LogP contribution >= 0.6 is 11.3 Å². The lowest BCUT2D eigenvalue weighted by molar-refractivity contribution is 0.213. The number of fused-ring (bicyclic) bond motifs is 1. The third kappa shape index (κ3) is 3.67. The van der Waals surface area contributed by atoms with E-state index < -0.39 is 5.54 Å². The fourth-order valence-corrected chi connectivity index (χ4v) is 4.29. The van der Waals surface area contributed by atoms with Crippen LogP contribution in [0, 0.1) is 0 Å². The van der Waals surface area contributed by atoms with Crippen LogP contribution in [0.1, 0.15) is 31.2 Å². The van der Waals surface area contributed by atoms with Crippen LogP contribution in [-0.4, -0.2) is 39.3 Å². The minimum absolute atomic E-state index is 0.00915. The number of para-hydroxylation sites is 1. The molecule has 0 saturated heterocycles. The minimum atomic E-state index is -0.422. The number of thiazole rings is 1. The molecule has 8 nitrogen and oxygen atoms in total. The molecule has 1 aromatic carbocycles. The molecular weight excluding hydrogens is 380 g/mol. The zero-order valence-corrected chi connectivity index (χ0v) is 16.3. The van der Waals surface area contributed by atoms with Crippen LogP contribution in [0.25, 0.3) is 10.3 Å². The van der Waals surface area contributed by atoms with Crippen LogP contribution in [0.5, 0.6) is 11.8 Å². The first-order valence-electron chi connectivity index (χ1n) is 9.17. The first-order chi connectivity index (χ1) is 13.6. The Kier molecular flexibility index (Phi) is 5.19. The Balaban J connectivity index is 1.65. The number of hydrogen-bond acceptors (Lipinski definition) is 8. The second kappa shape index (κ2) is 7.76. The molecule has 2 heterocycles. The van der Waals surface area contributed by atoms with Crippen LogP contribution in [-0.2, 0) is 6.61 Å². The van der Waals surface area contributed by atoms with E-state index in [1.807, 2.05) is 24.3 Å². The molecule has 4 rings (SSSR count). The summed E-state index contributed by atoms with van der Waals surface area (Å²) in [7, 11) is 1.61. The molecule has 28 heavy (non-hydrogen) atoms. The van der Waals surface area contributed by atoms with Gasteiger partial charge in [0.1, 0.15) is 17.1 Å². The van der Waals surface area contributed by atoms with Crippen LogP contribution in [0.3, 0.4) is 0 Å². The Morgan fingerprint density at radius 2 is 2.07 bits per heavy atom. The van der Waals surface area contributed by atoms with E-state index in [0.29, 0.717) is 16.2 Å². The van der Waals surface area contributed by atoms with E-state index in [2.05, 4.69) is 20.3 Å². The van der Waals surface area contributed by atoms with Gasteiger partial charge in [0, 0.05) is 5.56 Å². The van der Waals surface area contributed by atoms with E-state index >= 15 is 0 Å². The van der Waals surface area contributed by atoms with Gasteiger partial charge in [-0.25, -0.2) is 0 Å². The predicted molar refractivity (Wildman–Crippen MR) is 107 cm³/mol. The topological polar surface area (TPSA) is 109 Å². The maximum Gasteiger partial charge on any atom is 0.320 e. The van der Waals surface area contributed by atoms with Crippen molar-refractivity contribution >= 4 is 27.5 Å². The highest BCUT2D eigenvalue weighted by Crippen LogP contribution is 2.35. The van der Waals surface area contributed by atoms with Gasteiger partial charge in [-0.3, -0.25) is 9.78 Å². The van der Waals surface area contributed by atoms with Gasteiger partial charge in [-0.15, -0.1) is 0 Å². The normalized spacial score (nSPS) is 15.6. The van der Waals surface area contributed by atoms with Crippen molar-refractivity contribution in [2.45, 2.75) is 37.8 Å². The second-order valence-electron chi connectivity index (χ2n) is 6.92. The predicted octanol–water partition coefficient (Wildman–Crippen LogP) is 2.68. The van der Waals surface area contributed by atoms with Gasteiger partial charge < -0.3 is 19.9 Å². The summed E-state index contributed by atoms with van der Waals surface area (Å²) in [6.45, 7) is 0.240. The Morgan fingerprint density at radius 1 is 1.29 bits per heavy atom. The number of ether oxygens (including phenoxy) is 2. The largest absolute Gasteiger partial charge is 0.496 e. The number of rotatable bonds is 7. The van der Waals surface area contributed by atoms with Gasteiger partial charge in [-0.1, -0.05) is 42.4 Å². The van der Waals surface area contributed by atoms with E-state index in [4.69, 9.17) is 9.47 Å². The van der Waals surface area contributed by atoms with Gasteiger partial charge in [0.15, 0.2) is 11.5 Å². The summed E-state index contributed by atoms with van der Waals surface area (Å²) < 4.78 is 11.8. The fourth-order valence-electron chi connectivity index (χ4n) is 3.57. The summed E-state index contributed by atoms with van der Waals surface area (Å²) in [5.41, 5.74) is 0.868. The van der Waals surface area contributed by atoms with Crippen molar-refractivity contribution in [1.82, 2.24) is 15.0 Å². The Morgan fingerprint density at radius 3 is 2.82 bits per heavy atom. The SMILES string of the molecule is COc1ccccc1COc1nc(NC2(CO)CCCC2)c2sc(=O)[nH]c2n1. The average molecular weight is 402 g/mol. The van der Waals surface area contributed by atoms with Crippen molar-refractivity contribution in [3.8, 4) is 11.8 Å². The van der Waals surface area contributed by atoms with Crippen molar-refractivity contribution in [3.05, 3.63) is 39.5 Å². The van der Waals surface area contributed by atoms with Gasteiger partial charge >= 0.3 is 10.9 Å². The lowest BCUT2D eigenvalue weighted by Crippen LogP contribution is -2.39. The Hall–Kier alpha value is -2.65. The number of nitrogens with zero attached hydrogens (tertiary/aromatic N) is 2. The van der Waals surface area contributed by atoms with Crippen LogP contribution in [0.15, 0.2) is 29.1 Å². The molecule has 0 amide bonds. The van der Waals surface area contributed by atoms with E-state index in [1.54, 1.807) is 7.11 Å². The maximum atomic E-state index is 11.9. The van der Waals surface area contributed by atoms with E-state index in [1.165, 1.54) is 0 Å². The lowest BCUT2D eigenvalue weighted by atomic mass is 9.99. The van der Waals surface area contributed by atoms with Crippen molar-refractivity contribution in [3.63, 3.8) is 0 Å². The molecule has 1 saturated carbocycles. The van der Waals surface area contributed by atoms with Crippen molar-refractivity contribution in [2.24, 2.45) is 0 Å². The van der Waals surface area contributed by atoms with E-state index in [-0.39, 0.29) is 24.1 Å². The summed E-state index contributed by atoms with van der Waals surface area (Å²) in [6.07, 6.45) is 3.79. The molecule has 0 atom stereocenters. The molecule has 0 radical (unpaired) electrons. The third-order valence-corrected chi connectivity index (χ3v) is 5.93. The molecule has 0 bridgehead atoms. The standard InChI is InChI=1S/C19H22N4O4S/c1-26-13-7-3-2-6-12(13)10-27-17-20-15-14(28-18(25)22-15)16(21-17)23-19(11-24)8-4-5-9-19/h2-3,6-7,24H,4-5,8-11H2,1H3,(H2,20,21,22,23,25). The summed E-state index contributed by atoms with van der Waals surface area (Å²) in [4.78, 5) is 23.2. The molecule has 3 N–H and O–H groups in total. The number of anilines is 1. The zero-order valence-electron chi connectivity index (χ0n) is 15.5. The van der Waals surface area contributed by atoms with E-state index in [9.17, 15) is 9.90 Å². The molecule has 1 fully saturated rings. The molecule has 148 valence electrons. The van der Waals surface area contributed by atoms with Gasteiger partial charge in [0.05, 0.1) is 19.3 Å². The average Bonchev–Trinajstić information content (AvgIpc) is 3.33. The summed E-state index contributed by atoms with van der Waals surface area (Å²) in [5, 5.41) is 13.3. The summed E-state index contributed by atoms with van der Waals surface area (Å²) in [6, 6.07) is 7.71. The molecule has 0 aliphatic heterocycles. The quantitative estimate of drug-likeness (QED) is 0.557. The maximum absolute atomic E-state index is 11.9. The number of methoxy groups -OCH3 is 1. The number of aromatic nitrogens is 3. The molecule has 9 heteroatoms. The van der Waals surface area contributed by atoms with Crippen molar-refractivity contribution in [2.75, 3.05) is 19.0 Å². The lowest BCUT2D eigenvalue weighted by Gasteiger charge is -2.28. The number of benzene rings is 1. The van der Waals surface area contributed by atoms with Gasteiger partial charge in [-0.05, 0) is 18.9 Å². The minimum Gasteiger partial charge on any atom is -0.496 e. The van der Waals surface area contributed by atoms with Crippen molar-refractivity contribution in [1.29, 1.82) is 0 Å². The molecule has 3 aromatic rings. The Labute approximate surface area is 165 Å². The first-order valence-corrected chi connectivity index (χ1v) is 9.99. The molecule has 2 aromatic heterocycles. The fraction of sp³-hybridized carbons (Fsp3) is 0.421. The second-order valence-corrected chi connectivity index (χ2v) is 7.90. The van der Waals surface area contributed by atoms with Crippen LogP contribution in [0.4, 0.5) is 5.82 Å². The van der Waals surface area contributed by atoms with Gasteiger partial charge in [0.2, 0.25) is 0 Å². The van der Waals surface area contributed by atoms with Crippen LogP contribution in [0.2, 0.25) is 0 Å². The Bertz CT molecular complexity index is 1030. The number of hydrogen-bond donors (Lipinski definition) is 3. The number of aliphatic hydroxyl groups excluding tert-OH is 1. The monoisotopic (exact) mass is 402 g/mol. The van der Waals surface area contributed by atoms with Gasteiger partial charge in [0.25, 0.3) is 0 Å². The highest BCUT2D eigenvalue weighted by atomic mass is 32.1. The summed E-state index contributed by atoms with van der Waals surface area (Å²) in [5.74, 6) is 1.23. The highest BCUT2D eigenvalue weighted by Gasteiger charge is 2.34. The highest BCUT2D eigenvalue weighted by molar-refractivity contribution is 7.17. The van der Waals surface area contributed by atoms with Crippen LogP contribution < -0.4 is 19.7 Å². The molecule has 1 aliphatic carbocycles.